The predicted octanol–water partition coefficient (Wildman–Crippen LogP) is 3.88. The van der Waals surface area contributed by atoms with E-state index in [1.165, 1.54) is 4.88 Å². The van der Waals surface area contributed by atoms with Crippen LogP contribution in [0.2, 0.25) is 0 Å². The first-order valence-electron chi connectivity index (χ1n) is 5.00. The van der Waals surface area contributed by atoms with E-state index < -0.39 is 0 Å². The summed E-state index contributed by atoms with van der Waals surface area (Å²) in [5.74, 6) is 0.459. The van der Waals surface area contributed by atoms with Gasteiger partial charge in [0.1, 0.15) is 0 Å². The number of nitrogens with one attached hydrogen (secondary N) is 1. The number of benzene rings is 1. The lowest BCUT2D eigenvalue weighted by atomic mass is 10.3. The average Bonchev–Trinajstić information content (AvgIpc) is 2.73. The number of nitrogens with zero attached hydrogens (tertiary/aromatic N) is 1. The van der Waals surface area contributed by atoms with E-state index in [1.807, 2.05) is 43.3 Å². The molecule has 0 bridgehead atoms. The number of hydrogen-bond donors (Lipinski definition) is 2. The van der Waals surface area contributed by atoms with Crippen molar-refractivity contribution in [3.63, 3.8) is 0 Å². The SMILES string of the molecule is Cc1ccc(C(=Nc2cccc(Br)c2)NO)s1. The lowest BCUT2D eigenvalue weighted by Gasteiger charge is -2.02. The second-order valence-electron chi connectivity index (χ2n) is 3.46. The summed E-state index contributed by atoms with van der Waals surface area (Å²) in [4.78, 5) is 6.44. The minimum absolute atomic E-state index is 0.459. The molecule has 1 aromatic carbocycles. The zero-order valence-corrected chi connectivity index (χ0v) is 11.5. The Kier molecular flexibility index (Phi) is 3.93. The van der Waals surface area contributed by atoms with Gasteiger partial charge >= 0.3 is 0 Å². The van der Waals surface area contributed by atoms with Crippen LogP contribution in [-0.2, 0) is 0 Å². The number of thiophene rings is 1. The first kappa shape index (κ1) is 12.3. The van der Waals surface area contributed by atoms with Gasteiger partial charge in [0.25, 0.3) is 0 Å². The summed E-state index contributed by atoms with van der Waals surface area (Å²) in [5, 5.41) is 9.13. The zero-order chi connectivity index (χ0) is 12.3. The number of rotatable bonds is 2. The third-order valence-corrected chi connectivity index (χ3v) is 3.63. The molecular weight excluding hydrogens is 300 g/mol. The molecule has 0 fully saturated rings. The summed E-state index contributed by atoms with van der Waals surface area (Å²) in [6.45, 7) is 2.02. The monoisotopic (exact) mass is 310 g/mol. The van der Waals surface area contributed by atoms with Crippen molar-refractivity contribution in [2.75, 3.05) is 0 Å². The minimum Gasteiger partial charge on any atom is -0.290 e. The summed E-state index contributed by atoms with van der Waals surface area (Å²) < 4.78 is 0.957. The van der Waals surface area contributed by atoms with Crippen molar-refractivity contribution in [2.24, 2.45) is 4.99 Å². The van der Waals surface area contributed by atoms with Crippen LogP contribution in [0.15, 0.2) is 45.9 Å². The molecular formula is C12H11BrN2OS. The first-order valence-corrected chi connectivity index (χ1v) is 6.61. The standard InChI is InChI=1S/C12H11BrN2OS/c1-8-5-6-11(17-8)12(15-16)14-10-4-2-3-9(13)7-10/h2-7,16H,1H3,(H,14,15). The fourth-order valence-corrected chi connectivity index (χ4v) is 2.57. The van der Waals surface area contributed by atoms with Crippen LogP contribution >= 0.6 is 27.3 Å². The summed E-state index contributed by atoms with van der Waals surface area (Å²) in [6, 6.07) is 11.5. The van der Waals surface area contributed by atoms with Gasteiger partial charge in [0.05, 0.1) is 10.6 Å². The van der Waals surface area contributed by atoms with Gasteiger partial charge in [-0.25, -0.2) is 4.99 Å². The average molecular weight is 311 g/mol. The second kappa shape index (κ2) is 5.44. The number of amidine groups is 1. The number of hydrogen-bond acceptors (Lipinski definition) is 3. The molecule has 0 atom stereocenters. The normalized spacial score (nSPS) is 11.6. The summed E-state index contributed by atoms with van der Waals surface area (Å²) in [7, 11) is 0. The fraction of sp³-hybridized carbons (Fsp3) is 0.0833. The molecule has 2 N–H and O–H groups in total. The molecule has 0 amide bonds. The van der Waals surface area contributed by atoms with Gasteiger partial charge < -0.3 is 0 Å². The maximum absolute atomic E-state index is 9.13. The van der Waals surface area contributed by atoms with Crippen LogP contribution in [0.5, 0.6) is 0 Å². The predicted molar refractivity (Wildman–Crippen MR) is 74.3 cm³/mol. The van der Waals surface area contributed by atoms with Crippen LogP contribution < -0.4 is 5.48 Å². The molecule has 0 saturated heterocycles. The molecule has 88 valence electrons. The maximum atomic E-state index is 9.13. The molecule has 0 saturated carbocycles. The molecule has 0 aliphatic rings. The van der Waals surface area contributed by atoms with E-state index in [9.17, 15) is 0 Å². The third kappa shape index (κ3) is 3.15. The van der Waals surface area contributed by atoms with Crippen LogP contribution in [0.3, 0.4) is 0 Å². The highest BCUT2D eigenvalue weighted by atomic mass is 79.9. The van der Waals surface area contributed by atoms with Crippen LogP contribution in [-0.4, -0.2) is 11.0 Å². The van der Waals surface area contributed by atoms with Crippen molar-refractivity contribution in [3.8, 4) is 0 Å². The second-order valence-corrected chi connectivity index (χ2v) is 5.67. The van der Waals surface area contributed by atoms with E-state index in [4.69, 9.17) is 5.21 Å². The van der Waals surface area contributed by atoms with Crippen molar-refractivity contribution in [2.45, 2.75) is 6.92 Å². The minimum atomic E-state index is 0.459. The van der Waals surface area contributed by atoms with Gasteiger partial charge in [-0.1, -0.05) is 22.0 Å². The van der Waals surface area contributed by atoms with Crippen molar-refractivity contribution >= 4 is 38.8 Å². The van der Waals surface area contributed by atoms with Gasteiger partial charge in [-0.2, -0.15) is 0 Å². The lowest BCUT2D eigenvalue weighted by molar-refractivity contribution is 0.235. The van der Waals surface area contributed by atoms with E-state index in [-0.39, 0.29) is 0 Å². The quantitative estimate of drug-likeness (QED) is 0.502. The van der Waals surface area contributed by atoms with Gasteiger partial charge in [0.15, 0.2) is 5.84 Å². The topological polar surface area (TPSA) is 44.6 Å². The number of halogens is 1. The van der Waals surface area contributed by atoms with Crippen LogP contribution in [0, 0.1) is 6.92 Å². The van der Waals surface area contributed by atoms with Gasteiger partial charge in [-0.05, 0) is 37.3 Å². The molecule has 2 rings (SSSR count). The van der Waals surface area contributed by atoms with E-state index in [0.29, 0.717) is 5.84 Å². The van der Waals surface area contributed by atoms with Crippen molar-refractivity contribution in [1.82, 2.24) is 5.48 Å². The first-order chi connectivity index (χ1) is 8.19. The Balaban J connectivity index is 2.36. The molecule has 17 heavy (non-hydrogen) atoms. The Morgan fingerprint density at radius 3 is 2.76 bits per heavy atom. The van der Waals surface area contributed by atoms with Crippen molar-refractivity contribution in [3.05, 3.63) is 50.6 Å². The summed E-state index contributed by atoms with van der Waals surface area (Å²) in [6.07, 6.45) is 0. The van der Waals surface area contributed by atoms with E-state index in [1.54, 1.807) is 11.3 Å². The van der Waals surface area contributed by atoms with Crippen molar-refractivity contribution < 1.29 is 5.21 Å². The Bertz CT molecular complexity index is 551. The van der Waals surface area contributed by atoms with Gasteiger partial charge in [0, 0.05) is 9.35 Å². The molecule has 0 aliphatic carbocycles. The molecule has 0 aliphatic heterocycles. The molecule has 0 unspecified atom stereocenters. The van der Waals surface area contributed by atoms with Gasteiger partial charge in [-0.3, -0.25) is 10.7 Å². The Hall–Kier alpha value is -1.17. The number of aryl methyl sites for hydroxylation is 1. The van der Waals surface area contributed by atoms with Crippen LogP contribution in [0.4, 0.5) is 5.69 Å². The fourth-order valence-electron chi connectivity index (χ4n) is 1.37. The van der Waals surface area contributed by atoms with Crippen LogP contribution in [0.25, 0.3) is 0 Å². The highest BCUT2D eigenvalue weighted by Crippen LogP contribution is 2.21. The highest BCUT2D eigenvalue weighted by molar-refractivity contribution is 9.10. The zero-order valence-electron chi connectivity index (χ0n) is 9.14. The lowest BCUT2D eigenvalue weighted by Crippen LogP contribution is -2.18. The molecule has 1 aromatic heterocycles. The Labute approximate surface area is 112 Å². The van der Waals surface area contributed by atoms with E-state index in [2.05, 4.69) is 26.4 Å². The third-order valence-electron chi connectivity index (χ3n) is 2.13. The molecule has 0 spiro atoms. The highest BCUT2D eigenvalue weighted by Gasteiger charge is 2.05. The summed E-state index contributed by atoms with van der Waals surface area (Å²) >= 11 is 4.96. The molecule has 2 aromatic rings. The number of aliphatic imine (C=N–C) groups is 1. The summed E-state index contributed by atoms with van der Waals surface area (Å²) in [5.41, 5.74) is 2.92. The van der Waals surface area contributed by atoms with Crippen LogP contribution in [0.1, 0.15) is 9.75 Å². The molecule has 1 heterocycles. The van der Waals surface area contributed by atoms with E-state index in [0.717, 1.165) is 15.0 Å². The Morgan fingerprint density at radius 2 is 2.18 bits per heavy atom. The Morgan fingerprint density at radius 1 is 1.35 bits per heavy atom. The smallest absolute Gasteiger partial charge is 0.167 e. The largest absolute Gasteiger partial charge is 0.290 e. The van der Waals surface area contributed by atoms with E-state index >= 15 is 0 Å². The maximum Gasteiger partial charge on any atom is 0.167 e. The number of hydroxylamine groups is 1. The van der Waals surface area contributed by atoms with Crippen molar-refractivity contribution in [1.29, 1.82) is 0 Å². The molecule has 3 nitrogen and oxygen atoms in total. The van der Waals surface area contributed by atoms with Gasteiger partial charge in [-0.15, -0.1) is 11.3 Å². The molecule has 0 radical (unpaired) electrons. The van der Waals surface area contributed by atoms with Gasteiger partial charge in [0.2, 0.25) is 0 Å². The molecule has 5 heteroatoms.